The number of aromatic nitrogens is 4. The van der Waals surface area contributed by atoms with Gasteiger partial charge in [-0.1, -0.05) is 6.07 Å². The second-order valence-corrected chi connectivity index (χ2v) is 8.19. The van der Waals surface area contributed by atoms with Crippen LogP contribution in [0, 0.1) is 12.7 Å². The van der Waals surface area contributed by atoms with E-state index in [2.05, 4.69) is 19.9 Å². The SMILES string of the molecule is Cc1c[nH]c2nccc(Oc3ccc(CC(N)C(=O)N4CCc5ncncc5C4)cc3F)c12. The third-order valence-corrected chi connectivity index (χ3v) is 5.89. The van der Waals surface area contributed by atoms with Crippen LogP contribution in [-0.4, -0.2) is 43.3 Å². The molecule has 0 fully saturated rings. The zero-order chi connectivity index (χ0) is 22.9. The van der Waals surface area contributed by atoms with Crippen molar-refractivity contribution in [3.8, 4) is 11.5 Å². The van der Waals surface area contributed by atoms with Gasteiger partial charge < -0.3 is 20.4 Å². The number of nitrogens with zero attached hydrogens (tertiary/aromatic N) is 4. The second kappa shape index (κ2) is 8.59. The molecule has 8 nitrogen and oxygen atoms in total. The molecule has 1 atom stereocenters. The Balaban J connectivity index is 1.27. The summed E-state index contributed by atoms with van der Waals surface area (Å²) in [5, 5.41) is 0.808. The van der Waals surface area contributed by atoms with Gasteiger partial charge >= 0.3 is 0 Å². The van der Waals surface area contributed by atoms with Gasteiger partial charge in [0.05, 0.1) is 17.1 Å². The highest BCUT2D eigenvalue weighted by Crippen LogP contribution is 2.32. The average molecular weight is 446 g/mol. The van der Waals surface area contributed by atoms with Crippen molar-refractivity contribution in [2.24, 2.45) is 5.73 Å². The summed E-state index contributed by atoms with van der Waals surface area (Å²) in [7, 11) is 0. The minimum absolute atomic E-state index is 0.0967. The quantitative estimate of drug-likeness (QED) is 0.488. The summed E-state index contributed by atoms with van der Waals surface area (Å²) in [4.78, 5) is 30.2. The number of carbonyl (C=O) groups excluding carboxylic acids is 1. The topological polar surface area (TPSA) is 110 Å². The van der Waals surface area contributed by atoms with E-state index in [1.807, 2.05) is 13.1 Å². The Morgan fingerprint density at radius 1 is 1.30 bits per heavy atom. The molecule has 33 heavy (non-hydrogen) atoms. The predicted octanol–water partition coefficient (Wildman–Crippen LogP) is 3.05. The van der Waals surface area contributed by atoms with Gasteiger partial charge in [0.2, 0.25) is 5.91 Å². The third kappa shape index (κ3) is 4.14. The highest BCUT2D eigenvalue weighted by atomic mass is 19.1. The standard InChI is InChI=1S/C24H23FN6O2/c1-14-10-29-23-22(14)21(4-6-28-23)33-20-3-2-15(8-17(20)25)9-18(26)24(32)31-7-5-19-16(12-31)11-27-13-30-19/h2-4,6,8,10-11,13,18H,5,7,9,12,26H2,1H3,(H,28,29). The maximum Gasteiger partial charge on any atom is 0.240 e. The molecule has 0 saturated heterocycles. The fourth-order valence-electron chi connectivity index (χ4n) is 4.17. The van der Waals surface area contributed by atoms with Gasteiger partial charge in [0.25, 0.3) is 0 Å². The molecular formula is C24H23FN6O2. The zero-order valence-corrected chi connectivity index (χ0v) is 18.1. The van der Waals surface area contributed by atoms with Crippen molar-refractivity contribution in [2.45, 2.75) is 32.4 Å². The van der Waals surface area contributed by atoms with Gasteiger partial charge in [-0.25, -0.2) is 19.3 Å². The lowest BCUT2D eigenvalue weighted by Gasteiger charge is -2.30. The number of amides is 1. The van der Waals surface area contributed by atoms with Crippen LogP contribution in [-0.2, 0) is 24.2 Å². The second-order valence-electron chi connectivity index (χ2n) is 8.19. The summed E-state index contributed by atoms with van der Waals surface area (Å²) in [6, 6.07) is 5.58. The van der Waals surface area contributed by atoms with Crippen molar-refractivity contribution < 1.29 is 13.9 Å². The van der Waals surface area contributed by atoms with E-state index in [1.54, 1.807) is 35.5 Å². The van der Waals surface area contributed by atoms with E-state index >= 15 is 0 Å². The largest absolute Gasteiger partial charge is 0.453 e. The van der Waals surface area contributed by atoms with Gasteiger partial charge in [-0.2, -0.15) is 0 Å². The first-order valence-electron chi connectivity index (χ1n) is 10.7. The molecule has 4 heterocycles. The summed E-state index contributed by atoms with van der Waals surface area (Å²) in [6.07, 6.45) is 7.57. The first-order chi connectivity index (χ1) is 16.0. The van der Waals surface area contributed by atoms with Crippen molar-refractivity contribution in [1.82, 2.24) is 24.8 Å². The number of halogens is 1. The molecule has 9 heteroatoms. The zero-order valence-electron chi connectivity index (χ0n) is 18.1. The van der Waals surface area contributed by atoms with Crippen molar-refractivity contribution in [3.05, 3.63) is 77.4 Å². The van der Waals surface area contributed by atoms with Crippen LogP contribution in [0.15, 0.2) is 49.2 Å². The number of nitrogens with one attached hydrogen (secondary N) is 1. The van der Waals surface area contributed by atoms with Crippen molar-refractivity contribution in [3.63, 3.8) is 0 Å². The molecule has 0 radical (unpaired) electrons. The molecule has 3 aromatic heterocycles. The van der Waals surface area contributed by atoms with E-state index in [0.717, 1.165) is 22.2 Å². The highest BCUT2D eigenvalue weighted by Gasteiger charge is 2.26. The number of aromatic amines is 1. The maximum atomic E-state index is 14.8. The van der Waals surface area contributed by atoms with Crippen LogP contribution in [0.5, 0.6) is 11.5 Å². The van der Waals surface area contributed by atoms with Crippen LogP contribution in [0.25, 0.3) is 11.0 Å². The van der Waals surface area contributed by atoms with Gasteiger partial charge in [-0.05, 0) is 42.7 Å². The molecule has 4 aromatic rings. The number of benzene rings is 1. The number of aryl methyl sites for hydroxylation is 1. The molecule has 0 saturated carbocycles. The lowest BCUT2D eigenvalue weighted by molar-refractivity contribution is -0.133. The van der Waals surface area contributed by atoms with E-state index in [-0.39, 0.29) is 18.1 Å². The molecule has 3 N–H and O–H groups in total. The smallest absolute Gasteiger partial charge is 0.240 e. The van der Waals surface area contributed by atoms with Crippen LogP contribution >= 0.6 is 0 Å². The molecule has 0 spiro atoms. The van der Waals surface area contributed by atoms with Crippen LogP contribution in [0.4, 0.5) is 4.39 Å². The van der Waals surface area contributed by atoms with Gasteiger partial charge in [0, 0.05) is 43.7 Å². The number of carbonyl (C=O) groups is 1. The number of ether oxygens (including phenoxy) is 1. The van der Waals surface area contributed by atoms with Crippen LogP contribution in [0.1, 0.15) is 22.4 Å². The van der Waals surface area contributed by atoms with E-state index < -0.39 is 11.9 Å². The number of fused-ring (bicyclic) bond motifs is 2. The molecule has 1 aliphatic heterocycles. The fourth-order valence-corrected chi connectivity index (χ4v) is 4.17. The molecule has 168 valence electrons. The Kier molecular flexibility index (Phi) is 5.47. The number of rotatable bonds is 5. The molecule has 1 aromatic carbocycles. The van der Waals surface area contributed by atoms with E-state index in [9.17, 15) is 9.18 Å². The van der Waals surface area contributed by atoms with Gasteiger partial charge in [-0.3, -0.25) is 4.79 Å². The minimum atomic E-state index is -0.773. The normalized spacial score (nSPS) is 14.2. The van der Waals surface area contributed by atoms with Crippen LogP contribution in [0.3, 0.4) is 0 Å². The first-order valence-corrected chi connectivity index (χ1v) is 10.7. The average Bonchev–Trinajstić information content (AvgIpc) is 3.21. The van der Waals surface area contributed by atoms with Crippen LogP contribution < -0.4 is 10.5 Å². The third-order valence-electron chi connectivity index (χ3n) is 5.89. The summed E-state index contributed by atoms with van der Waals surface area (Å²) in [5.74, 6) is -0.0762. The summed E-state index contributed by atoms with van der Waals surface area (Å²) in [6.45, 7) is 2.92. The lowest BCUT2D eigenvalue weighted by atomic mass is 10.0. The van der Waals surface area contributed by atoms with Crippen LogP contribution in [0.2, 0.25) is 0 Å². The van der Waals surface area contributed by atoms with E-state index in [0.29, 0.717) is 36.5 Å². The van der Waals surface area contributed by atoms with E-state index in [4.69, 9.17) is 10.5 Å². The highest BCUT2D eigenvalue weighted by molar-refractivity contribution is 5.86. The summed E-state index contributed by atoms with van der Waals surface area (Å²) < 4.78 is 20.7. The monoisotopic (exact) mass is 446 g/mol. The Hall–Kier alpha value is -3.85. The number of nitrogens with two attached hydrogens (primary N) is 1. The first kappa shape index (κ1) is 21.0. The van der Waals surface area contributed by atoms with Crippen molar-refractivity contribution in [1.29, 1.82) is 0 Å². The summed E-state index contributed by atoms with van der Waals surface area (Å²) in [5.41, 5.74) is 10.3. The molecule has 0 aliphatic carbocycles. The van der Waals surface area contributed by atoms with Gasteiger partial charge in [0.15, 0.2) is 11.6 Å². The Bertz CT molecular complexity index is 1340. The van der Waals surface area contributed by atoms with E-state index in [1.165, 1.54) is 12.4 Å². The molecule has 1 aliphatic rings. The summed E-state index contributed by atoms with van der Waals surface area (Å²) >= 11 is 0. The molecule has 1 unspecified atom stereocenters. The molecule has 5 rings (SSSR count). The Morgan fingerprint density at radius 2 is 2.18 bits per heavy atom. The molecule has 0 bridgehead atoms. The Labute approximate surface area is 189 Å². The van der Waals surface area contributed by atoms with Crippen molar-refractivity contribution in [2.75, 3.05) is 6.54 Å². The Morgan fingerprint density at radius 3 is 3.03 bits per heavy atom. The van der Waals surface area contributed by atoms with Gasteiger partial charge in [-0.15, -0.1) is 0 Å². The lowest BCUT2D eigenvalue weighted by Crippen LogP contribution is -2.47. The number of hydrogen-bond donors (Lipinski definition) is 2. The molecular weight excluding hydrogens is 423 g/mol. The predicted molar refractivity (Wildman–Crippen MR) is 120 cm³/mol. The number of hydrogen-bond acceptors (Lipinski definition) is 6. The van der Waals surface area contributed by atoms with Crippen molar-refractivity contribution >= 4 is 16.9 Å². The fraction of sp³-hybridized carbons (Fsp3) is 0.250. The number of H-pyrrole nitrogens is 1. The minimum Gasteiger partial charge on any atom is -0.453 e. The number of pyridine rings is 1. The van der Waals surface area contributed by atoms with Gasteiger partial charge in [0.1, 0.15) is 17.7 Å². The maximum absolute atomic E-state index is 14.8. The molecule has 1 amide bonds.